The Balaban J connectivity index is 2.52. The fourth-order valence-electron chi connectivity index (χ4n) is 1.96. The van der Waals surface area contributed by atoms with Gasteiger partial charge in [-0.3, -0.25) is 4.79 Å². The summed E-state index contributed by atoms with van der Waals surface area (Å²) >= 11 is 0. The number of likely N-dealkylation sites (N-methyl/N-ethyl adjacent to an activating group) is 1. The van der Waals surface area contributed by atoms with Gasteiger partial charge >= 0.3 is 0 Å². The van der Waals surface area contributed by atoms with Crippen LogP contribution in [0.4, 0.5) is 0 Å². The number of hydrogen-bond donors (Lipinski definition) is 1. The first kappa shape index (κ1) is 13.2. The summed E-state index contributed by atoms with van der Waals surface area (Å²) in [6.45, 7) is 9.90. The van der Waals surface area contributed by atoms with Gasteiger partial charge in [0.25, 0.3) is 0 Å². The molecular formula is C12H22N2O2. The molecule has 4 nitrogen and oxygen atoms in total. The molecule has 0 saturated carbocycles. The standard InChI is InChI=1S/C12H22N2O2/c1-5-14(8-9(2)3)12(15)11-6-10(16-4)7-13-11/h10-11,13H,2,5-8H2,1,3-4H3. The minimum Gasteiger partial charge on any atom is -0.380 e. The van der Waals surface area contributed by atoms with Gasteiger partial charge in [0.2, 0.25) is 5.91 Å². The summed E-state index contributed by atoms with van der Waals surface area (Å²) in [7, 11) is 1.69. The average Bonchev–Trinajstić information content (AvgIpc) is 2.73. The van der Waals surface area contributed by atoms with E-state index in [1.807, 2.05) is 18.7 Å². The van der Waals surface area contributed by atoms with Crippen LogP contribution in [0.3, 0.4) is 0 Å². The van der Waals surface area contributed by atoms with Crippen molar-refractivity contribution in [2.24, 2.45) is 0 Å². The first-order valence-electron chi connectivity index (χ1n) is 5.77. The number of nitrogens with zero attached hydrogens (tertiary/aromatic N) is 1. The number of carbonyl (C=O) groups is 1. The molecule has 1 heterocycles. The first-order valence-corrected chi connectivity index (χ1v) is 5.77. The lowest BCUT2D eigenvalue weighted by molar-refractivity contribution is -0.132. The van der Waals surface area contributed by atoms with Crippen LogP contribution in [0.1, 0.15) is 20.3 Å². The molecule has 1 N–H and O–H groups in total. The zero-order valence-corrected chi connectivity index (χ0v) is 10.5. The smallest absolute Gasteiger partial charge is 0.240 e. The van der Waals surface area contributed by atoms with Crippen molar-refractivity contribution in [3.8, 4) is 0 Å². The van der Waals surface area contributed by atoms with Gasteiger partial charge in [0, 0.05) is 26.7 Å². The monoisotopic (exact) mass is 226 g/mol. The second kappa shape index (κ2) is 6.01. The second-order valence-electron chi connectivity index (χ2n) is 4.36. The Morgan fingerprint density at radius 2 is 2.31 bits per heavy atom. The summed E-state index contributed by atoms with van der Waals surface area (Å²) in [5.74, 6) is 0.157. The van der Waals surface area contributed by atoms with Crippen LogP contribution < -0.4 is 5.32 Å². The number of rotatable bonds is 5. The number of nitrogens with one attached hydrogen (secondary N) is 1. The van der Waals surface area contributed by atoms with E-state index < -0.39 is 0 Å². The average molecular weight is 226 g/mol. The molecule has 0 aromatic carbocycles. The molecule has 1 rings (SSSR count). The summed E-state index contributed by atoms with van der Waals surface area (Å²) in [6.07, 6.45) is 0.930. The summed E-state index contributed by atoms with van der Waals surface area (Å²) in [6, 6.07) is -0.0933. The third-order valence-electron chi connectivity index (χ3n) is 2.88. The summed E-state index contributed by atoms with van der Waals surface area (Å²) < 4.78 is 5.24. The molecule has 0 bridgehead atoms. The Kier molecular flexibility index (Phi) is 4.96. The van der Waals surface area contributed by atoms with E-state index in [1.54, 1.807) is 7.11 Å². The Morgan fingerprint density at radius 3 is 2.75 bits per heavy atom. The quantitative estimate of drug-likeness (QED) is 0.705. The van der Waals surface area contributed by atoms with Crippen molar-refractivity contribution >= 4 is 5.91 Å². The van der Waals surface area contributed by atoms with Crippen LogP contribution in [-0.4, -0.2) is 49.7 Å². The molecule has 1 aliphatic heterocycles. The molecule has 2 atom stereocenters. The van der Waals surface area contributed by atoms with Crippen molar-refractivity contribution in [2.45, 2.75) is 32.4 Å². The van der Waals surface area contributed by atoms with Gasteiger partial charge in [0.15, 0.2) is 0 Å². The zero-order chi connectivity index (χ0) is 12.1. The molecule has 1 saturated heterocycles. The number of amides is 1. The third-order valence-corrected chi connectivity index (χ3v) is 2.88. The molecule has 0 aromatic rings. The molecule has 0 aromatic heterocycles. The Bertz CT molecular complexity index is 266. The molecular weight excluding hydrogens is 204 g/mol. The van der Waals surface area contributed by atoms with Crippen molar-refractivity contribution in [2.75, 3.05) is 26.7 Å². The van der Waals surface area contributed by atoms with Crippen molar-refractivity contribution in [3.63, 3.8) is 0 Å². The van der Waals surface area contributed by atoms with E-state index in [4.69, 9.17) is 4.74 Å². The van der Waals surface area contributed by atoms with E-state index in [1.165, 1.54) is 0 Å². The predicted molar refractivity (Wildman–Crippen MR) is 64.3 cm³/mol. The molecule has 0 radical (unpaired) electrons. The van der Waals surface area contributed by atoms with Gasteiger partial charge in [0.05, 0.1) is 12.1 Å². The van der Waals surface area contributed by atoms with Gasteiger partial charge in [0.1, 0.15) is 0 Å². The van der Waals surface area contributed by atoms with Gasteiger partial charge in [-0.05, 0) is 20.3 Å². The molecule has 1 amide bonds. The van der Waals surface area contributed by atoms with E-state index in [0.29, 0.717) is 6.54 Å². The summed E-state index contributed by atoms with van der Waals surface area (Å²) in [5.41, 5.74) is 1.01. The SMILES string of the molecule is C=C(C)CN(CC)C(=O)C1CC(OC)CN1. The fraction of sp³-hybridized carbons (Fsp3) is 0.750. The number of ether oxygens (including phenoxy) is 1. The van der Waals surface area contributed by atoms with E-state index in [9.17, 15) is 4.79 Å². The van der Waals surface area contributed by atoms with Crippen molar-refractivity contribution in [3.05, 3.63) is 12.2 Å². The topological polar surface area (TPSA) is 41.6 Å². The minimum absolute atomic E-state index is 0.0933. The number of methoxy groups -OCH3 is 1. The van der Waals surface area contributed by atoms with Gasteiger partial charge in [-0.1, -0.05) is 12.2 Å². The van der Waals surface area contributed by atoms with Gasteiger partial charge in [-0.25, -0.2) is 0 Å². The highest BCUT2D eigenvalue weighted by atomic mass is 16.5. The lowest BCUT2D eigenvalue weighted by Crippen LogP contribution is -2.44. The largest absolute Gasteiger partial charge is 0.380 e. The van der Waals surface area contributed by atoms with E-state index >= 15 is 0 Å². The van der Waals surface area contributed by atoms with E-state index in [-0.39, 0.29) is 18.1 Å². The maximum absolute atomic E-state index is 12.1. The molecule has 1 fully saturated rings. The van der Waals surface area contributed by atoms with Crippen molar-refractivity contribution in [1.82, 2.24) is 10.2 Å². The normalized spacial score (nSPS) is 24.4. The predicted octanol–water partition coefficient (Wildman–Crippen LogP) is 0.788. The van der Waals surface area contributed by atoms with Crippen LogP contribution in [-0.2, 0) is 9.53 Å². The molecule has 92 valence electrons. The summed E-state index contributed by atoms with van der Waals surface area (Å²) in [5, 5.41) is 3.20. The summed E-state index contributed by atoms with van der Waals surface area (Å²) in [4.78, 5) is 14.0. The Labute approximate surface area is 97.6 Å². The number of hydrogen-bond acceptors (Lipinski definition) is 3. The molecule has 4 heteroatoms. The van der Waals surface area contributed by atoms with E-state index in [2.05, 4.69) is 11.9 Å². The van der Waals surface area contributed by atoms with Crippen LogP contribution in [0.25, 0.3) is 0 Å². The van der Waals surface area contributed by atoms with Crippen LogP contribution in [0.15, 0.2) is 12.2 Å². The third kappa shape index (κ3) is 3.32. The highest BCUT2D eigenvalue weighted by Crippen LogP contribution is 2.12. The van der Waals surface area contributed by atoms with Crippen LogP contribution >= 0.6 is 0 Å². The van der Waals surface area contributed by atoms with Crippen LogP contribution in [0.2, 0.25) is 0 Å². The highest BCUT2D eigenvalue weighted by Gasteiger charge is 2.31. The van der Waals surface area contributed by atoms with Gasteiger partial charge in [-0.2, -0.15) is 0 Å². The Hall–Kier alpha value is -0.870. The number of carbonyl (C=O) groups excluding carboxylic acids is 1. The highest BCUT2D eigenvalue weighted by molar-refractivity contribution is 5.82. The molecule has 1 aliphatic rings. The molecule has 0 spiro atoms. The van der Waals surface area contributed by atoms with Crippen LogP contribution in [0, 0.1) is 0 Å². The minimum atomic E-state index is -0.0933. The lowest BCUT2D eigenvalue weighted by Gasteiger charge is -2.24. The first-order chi connectivity index (χ1) is 7.58. The lowest BCUT2D eigenvalue weighted by atomic mass is 10.1. The maximum atomic E-state index is 12.1. The fourth-order valence-corrected chi connectivity index (χ4v) is 1.96. The Morgan fingerprint density at radius 1 is 1.62 bits per heavy atom. The van der Waals surface area contributed by atoms with Crippen molar-refractivity contribution in [1.29, 1.82) is 0 Å². The van der Waals surface area contributed by atoms with Crippen LogP contribution in [0.5, 0.6) is 0 Å². The van der Waals surface area contributed by atoms with Crippen molar-refractivity contribution < 1.29 is 9.53 Å². The molecule has 2 unspecified atom stereocenters. The van der Waals surface area contributed by atoms with E-state index in [0.717, 1.165) is 25.1 Å². The second-order valence-corrected chi connectivity index (χ2v) is 4.36. The zero-order valence-electron chi connectivity index (χ0n) is 10.5. The maximum Gasteiger partial charge on any atom is 0.240 e. The van der Waals surface area contributed by atoms with Gasteiger partial charge < -0.3 is 15.0 Å². The van der Waals surface area contributed by atoms with Gasteiger partial charge in [-0.15, -0.1) is 0 Å². The molecule has 0 aliphatic carbocycles. The molecule has 16 heavy (non-hydrogen) atoms.